The Hall–Kier alpha value is -0.190. The lowest BCUT2D eigenvalue weighted by Crippen LogP contribution is -2.10. The summed E-state index contributed by atoms with van der Waals surface area (Å²) < 4.78 is 0. The van der Waals surface area contributed by atoms with E-state index in [1.165, 1.54) is 0 Å². The van der Waals surface area contributed by atoms with Gasteiger partial charge in [0.05, 0.1) is 0 Å². The highest BCUT2D eigenvalue weighted by atomic mass is 35.5. The van der Waals surface area contributed by atoms with Gasteiger partial charge in [-0.3, -0.25) is 0 Å². The fourth-order valence-corrected chi connectivity index (χ4v) is 0.334. The Kier molecular flexibility index (Phi) is 3.68. The summed E-state index contributed by atoms with van der Waals surface area (Å²) >= 11 is 5.02. The van der Waals surface area contributed by atoms with Crippen molar-refractivity contribution >= 4 is 11.6 Å². The van der Waals surface area contributed by atoms with Crippen molar-refractivity contribution in [2.24, 2.45) is 5.92 Å². The highest BCUT2D eigenvalue weighted by molar-refractivity contribution is 6.30. The Morgan fingerprint density at radius 1 is 1.50 bits per heavy atom. The first-order chi connectivity index (χ1) is 3.68. The number of halogens is 1. The predicted octanol–water partition coefficient (Wildman–Crippen LogP) is 1.20. The molecule has 0 saturated carbocycles. The molecule has 2 heteroatoms. The van der Waals surface area contributed by atoms with Gasteiger partial charge in [0.1, 0.15) is 6.10 Å². The Balaban J connectivity index is 3.58. The first kappa shape index (κ1) is 7.81. The lowest BCUT2D eigenvalue weighted by atomic mass is 10.1. The molecule has 0 heterocycles. The molecule has 0 aromatic heterocycles. The van der Waals surface area contributed by atoms with Crippen LogP contribution in [0.2, 0.25) is 0 Å². The second-order valence-electron chi connectivity index (χ2n) is 1.93. The van der Waals surface area contributed by atoms with Crippen LogP contribution in [0.1, 0.15) is 13.8 Å². The van der Waals surface area contributed by atoms with Gasteiger partial charge in [-0.1, -0.05) is 19.8 Å². The summed E-state index contributed by atoms with van der Waals surface area (Å²) in [4.78, 5) is 0. The molecule has 0 radical (unpaired) electrons. The summed E-state index contributed by atoms with van der Waals surface area (Å²) in [5.41, 5.74) is 0. The van der Waals surface area contributed by atoms with Crippen molar-refractivity contribution in [2.75, 3.05) is 0 Å². The van der Waals surface area contributed by atoms with Gasteiger partial charge in [0.2, 0.25) is 0 Å². The van der Waals surface area contributed by atoms with E-state index in [-0.39, 0.29) is 5.92 Å². The molecular weight excluding hydrogens is 124 g/mol. The zero-order valence-electron chi connectivity index (χ0n) is 4.98. The average molecular weight is 133 g/mol. The van der Waals surface area contributed by atoms with Crippen LogP contribution in [0, 0.1) is 17.2 Å². The third-order valence-electron chi connectivity index (χ3n) is 0.834. The van der Waals surface area contributed by atoms with Gasteiger partial charge in [-0.2, -0.15) is 0 Å². The zero-order chi connectivity index (χ0) is 6.57. The SMILES string of the molecule is CC(C)C(O)C#CCl. The van der Waals surface area contributed by atoms with Gasteiger partial charge >= 0.3 is 0 Å². The van der Waals surface area contributed by atoms with Gasteiger partial charge in [-0.05, 0) is 17.5 Å². The summed E-state index contributed by atoms with van der Waals surface area (Å²) in [5.74, 6) is 2.58. The molecule has 0 aliphatic carbocycles. The van der Waals surface area contributed by atoms with E-state index < -0.39 is 6.10 Å². The minimum Gasteiger partial charge on any atom is -0.380 e. The molecular formula is C6H9ClO. The van der Waals surface area contributed by atoms with Crippen LogP contribution >= 0.6 is 11.6 Å². The second-order valence-corrected chi connectivity index (χ2v) is 2.12. The summed E-state index contributed by atoms with van der Waals surface area (Å²) in [6, 6.07) is 0. The Morgan fingerprint density at radius 2 is 2.00 bits per heavy atom. The summed E-state index contributed by atoms with van der Waals surface area (Å²) in [6.07, 6.45) is -0.576. The molecule has 0 bridgehead atoms. The van der Waals surface area contributed by atoms with Gasteiger partial charge < -0.3 is 5.11 Å². The maximum atomic E-state index is 8.87. The monoisotopic (exact) mass is 132 g/mol. The van der Waals surface area contributed by atoms with Crippen molar-refractivity contribution in [3.8, 4) is 11.3 Å². The first-order valence-electron chi connectivity index (χ1n) is 2.47. The molecule has 0 rings (SSSR count). The van der Waals surface area contributed by atoms with Gasteiger partial charge in [0, 0.05) is 5.38 Å². The van der Waals surface area contributed by atoms with Gasteiger partial charge in [0.15, 0.2) is 0 Å². The van der Waals surface area contributed by atoms with E-state index in [9.17, 15) is 0 Å². The lowest BCUT2D eigenvalue weighted by molar-refractivity contribution is 0.181. The topological polar surface area (TPSA) is 20.2 Å². The molecule has 0 amide bonds. The molecule has 1 N–H and O–H groups in total. The number of rotatable bonds is 1. The maximum absolute atomic E-state index is 8.87. The standard InChI is InChI=1S/C6H9ClO/c1-5(2)6(8)3-4-7/h5-6,8H,1-2H3. The van der Waals surface area contributed by atoms with Crippen LogP contribution in [0.5, 0.6) is 0 Å². The summed E-state index contributed by atoms with van der Waals surface area (Å²) in [7, 11) is 0. The van der Waals surface area contributed by atoms with Crippen LogP contribution in [-0.4, -0.2) is 11.2 Å². The average Bonchev–Trinajstić information content (AvgIpc) is 1.67. The van der Waals surface area contributed by atoms with Crippen LogP contribution in [0.25, 0.3) is 0 Å². The molecule has 0 aromatic carbocycles. The van der Waals surface area contributed by atoms with E-state index in [4.69, 9.17) is 16.7 Å². The van der Waals surface area contributed by atoms with Crippen molar-refractivity contribution in [1.82, 2.24) is 0 Å². The van der Waals surface area contributed by atoms with Crippen molar-refractivity contribution < 1.29 is 5.11 Å². The molecule has 0 aliphatic heterocycles. The van der Waals surface area contributed by atoms with Crippen LogP contribution < -0.4 is 0 Å². The molecule has 1 atom stereocenters. The quantitative estimate of drug-likeness (QED) is 0.532. The Bertz CT molecular complexity index is 109. The smallest absolute Gasteiger partial charge is 0.118 e. The van der Waals surface area contributed by atoms with Crippen LogP contribution in [-0.2, 0) is 0 Å². The normalized spacial score (nSPS) is 12.6. The zero-order valence-corrected chi connectivity index (χ0v) is 5.74. The van der Waals surface area contributed by atoms with Crippen molar-refractivity contribution in [3.63, 3.8) is 0 Å². The van der Waals surface area contributed by atoms with Crippen molar-refractivity contribution in [2.45, 2.75) is 20.0 Å². The van der Waals surface area contributed by atoms with Crippen LogP contribution in [0.15, 0.2) is 0 Å². The van der Waals surface area contributed by atoms with E-state index in [2.05, 4.69) is 11.3 Å². The minimum atomic E-state index is -0.576. The molecule has 8 heavy (non-hydrogen) atoms. The van der Waals surface area contributed by atoms with E-state index in [0.717, 1.165) is 0 Å². The molecule has 1 nitrogen and oxygen atoms in total. The molecule has 0 saturated heterocycles. The Labute approximate surface area is 54.7 Å². The molecule has 0 spiro atoms. The fourth-order valence-electron chi connectivity index (χ4n) is 0.223. The van der Waals surface area contributed by atoms with Crippen molar-refractivity contribution in [1.29, 1.82) is 0 Å². The number of aliphatic hydroxyl groups is 1. The summed E-state index contributed by atoms with van der Waals surface area (Å²) in [5, 5.41) is 11.0. The number of hydrogen-bond acceptors (Lipinski definition) is 1. The van der Waals surface area contributed by atoms with Crippen LogP contribution in [0.3, 0.4) is 0 Å². The van der Waals surface area contributed by atoms with E-state index in [1.807, 2.05) is 13.8 Å². The van der Waals surface area contributed by atoms with E-state index >= 15 is 0 Å². The second kappa shape index (κ2) is 3.77. The maximum Gasteiger partial charge on any atom is 0.118 e. The number of hydrogen-bond donors (Lipinski definition) is 1. The Morgan fingerprint density at radius 3 is 2.12 bits per heavy atom. The van der Waals surface area contributed by atoms with Gasteiger partial charge in [-0.25, -0.2) is 0 Å². The number of aliphatic hydroxyl groups excluding tert-OH is 1. The molecule has 0 aromatic rings. The van der Waals surface area contributed by atoms with Crippen molar-refractivity contribution in [3.05, 3.63) is 0 Å². The summed E-state index contributed by atoms with van der Waals surface area (Å²) in [6.45, 7) is 3.76. The third kappa shape index (κ3) is 2.90. The fraction of sp³-hybridized carbons (Fsp3) is 0.667. The first-order valence-corrected chi connectivity index (χ1v) is 2.85. The van der Waals surface area contributed by atoms with Gasteiger partial charge in [0.25, 0.3) is 0 Å². The third-order valence-corrected chi connectivity index (χ3v) is 0.943. The molecule has 0 fully saturated rings. The van der Waals surface area contributed by atoms with E-state index in [0.29, 0.717) is 0 Å². The highest BCUT2D eigenvalue weighted by Gasteiger charge is 2.02. The minimum absolute atomic E-state index is 0.168. The van der Waals surface area contributed by atoms with Crippen LogP contribution in [0.4, 0.5) is 0 Å². The predicted molar refractivity (Wildman–Crippen MR) is 34.5 cm³/mol. The van der Waals surface area contributed by atoms with Gasteiger partial charge in [-0.15, -0.1) is 0 Å². The highest BCUT2D eigenvalue weighted by Crippen LogP contribution is 1.97. The molecule has 0 aliphatic rings. The lowest BCUT2D eigenvalue weighted by Gasteiger charge is -2.04. The van der Waals surface area contributed by atoms with E-state index in [1.54, 1.807) is 0 Å². The molecule has 1 unspecified atom stereocenters. The molecule has 46 valence electrons. The largest absolute Gasteiger partial charge is 0.380 e.